The molecule has 0 unspecified atom stereocenters. The van der Waals surface area contributed by atoms with Crippen molar-refractivity contribution in [2.75, 3.05) is 20.3 Å². The van der Waals surface area contributed by atoms with Gasteiger partial charge in [-0.2, -0.15) is 4.90 Å². The molecule has 10 heteroatoms. The van der Waals surface area contributed by atoms with Crippen LogP contribution in [0.1, 0.15) is 68.2 Å². The molecule has 0 N–H and O–H groups in total. The molecule has 0 aliphatic carbocycles. The number of rotatable bonds is 9. The zero-order valence-corrected chi connectivity index (χ0v) is 20.0. The van der Waals surface area contributed by atoms with E-state index in [9.17, 15) is 18.8 Å². The molecule has 0 bridgehead atoms. The van der Waals surface area contributed by atoms with E-state index in [0.717, 1.165) is 7.11 Å². The molecule has 180 valence electrons. The van der Waals surface area contributed by atoms with Crippen LogP contribution in [-0.2, 0) is 28.8 Å². The maximum atomic E-state index is 14.2. The van der Waals surface area contributed by atoms with Gasteiger partial charge in [0.2, 0.25) is 0 Å². The predicted molar refractivity (Wildman–Crippen MR) is 111 cm³/mol. The number of halogens is 1. The van der Waals surface area contributed by atoms with E-state index in [-0.39, 0.29) is 25.0 Å². The topological polar surface area (TPSA) is 101 Å². The molecule has 0 rings (SSSR count). The molecule has 0 aromatic rings. The van der Waals surface area contributed by atoms with E-state index in [1.54, 1.807) is 48.5 Å². The minimum absolute atomic E-state index is 0.0309. The Hall–Kier alpha value is -2.20. The second-order valence-electron chi connectivity index (χ2n) is 8.76. The van der Waals surface area contributed by atoms with E-state index >= 15 is 0 Å². The Labute approximate surface area is 183 Å². The van der Waals surface area contributed by atoms with Crippen molar-refractivity contribution in [3.63, 3.8) is 0 Å². The summed E-state index contributed by atoms with van der Waals surface area (Å²) in [6.07, 6.45) is -2.22. The predicted octanol–water partition coefficient (Wildman–Crippen LogP) is 4.69. The van der Waals surface area contributed by atoms with Gasteiger partial charge >= 0.3 is 18.2 Å². The zero-order valence-electron chi connectivity index (χ0n) is 20.0. The van der Waals surface area contributed by atoms with Crippen LogP contribution >= 0.6 is 0 Å². The lowest BCUT2D eigenvalue weighted by Crippen LogP contribution is -2.52. The Morgan fingerprint density at radius 3 is 1.81 bits per heavy atom. The molecule has 0 aromatic heterocycles. The van der Waals surface area contributed by atoms with Crippen LogP contribution in [0.15, 0.2) is 11.4 Å². The fourth-order valence-corrected chi connectivity index (χ4v) is 2.23. The third kappa shape index (κ3) is 11.7. The Balaban J connectivity index is 5.79. The van der Waals surface area contributed by atoms with Crippen molar-refractivity contribution in [3.8, 4) is 0 Å². The van der Waals surface area contributed by atoms with E-state index in [4.69, 9.17) is 19.1 Å². The first-order valence-electron chi connectivity index (χ1n) is 10.0. The van der Waals surface area contributed by atoms with E-state index < -0.39 is 47.8 Å². The first-order chi connectivity index (χ1) is 14.1. The van der Waals surface area contributed by atoms with Gasteiger partial charge in [0.05, 0.1) is 13.7 Å². The second kappa shape index (κ2) is 12.6. The highest BCUT2D eigenvalue weighted by Crippen LogP contribution is 2.22. The molecule has 31 heavy (non-hydrogen) atoms. The summed E-state index contributed by atoms with van der Waals surface area (Å²) in [6.45, 7) is 12.8. The van der Waals surface area contributed by atoms with E-state index in [1.165, 1.54) is 6.92 Å². The quantitative estimate of drug-likeness (QED) is 0.164. The highest BCUT2D eigenvalue weighted by atomic mass is 19.1. The number of carbonyl (C=O) groups is 3. The molecule has 0 aromatic carbocycles. The largest absolute Gasteiger partial charge is 0.467 e. The third-order valence-corrected chi connectivity index (χ3v) is 3.61. The number of carbonyl (C=O) groups excluding carboxylic acids is 3. The molecule has 0 heterocycles. The molecule has 2 amide bonds. The number of amides is 2. The van der Waals surface area contributed by atoms with Crippen molar-refractivity contribution in [3.05, 3.63) is 11.4 Å². The third-order valence-electron chi connectivity index (χ3n) is 3.61. The minimum atomic E-state index is -1.38. The van der Waals surface area contributed by atoms with Crippen LogP contribution in [0.2, 0.25) is 0 Å². The summed E-state index contributed by atoms with van der Waals surface area (Å²) >= 11 is 0. The monoisotopic (exact) mass is 449 g/mol. The Morgan fingerprint density at radius 2 is 1.42 bits per heavy atom. The Morgan fingerprint density at radius 1 is 0.935 bits per heavy atom. The maximum absolute atomic E-state index is 14.2. The lowest BCUT2D eigenvalue weighted by molar-refractivity contribution is -0.286. The van der Waals surface area contributed by atoms with Gasteiger partial charge < -0.3 is 14.2 Å². The van der Waals surface area contributed by atoms with Gasteiger partial charge in [-0.05, 0) is 73.8 Å². The fraction of sp³-hybridized carbons (Fsp3) is 0.762. The summed E-state index contributed by atoms with van der Waals surface area (Å²) < 4.78 is 29.5. The van der Waals surface area contributed by atoms with Crippen molar-refractivity contribution in [1.29, 1.82) is 0 Å². The number of imide groups is 1. The summed E-state index contributed by atoms with van der Waals surface area (Å²) in [5, 5.41) is 0. The summed E-state index contributed by atoms with van der Waals surface area (Å²) in [5.74, 6) is -1.45. The average molecular weight is 450 g/mol. The average Bonchev–Trinajstić information content (AvgIpc) is 2.60. The summed E-state index contributed by atoms with van der Waals surface area (Å²) in [5.41, 5.74) is -1.60. The molecule has 1 atom stereocenters. The van der Waals surface area contributed by atoms with Crippen molar-refractivity contribution in [1.82, 2.24) is 4.90 Å². The van der Waals surface area contributed by atoms with Gasteiger partial charge in [0.25, 0.3) is 0 Å². The number of hydrogen-bond acceptors (Lipinski definition) is 8. The first kappa shape index (κ1) is 28.8. The molecule has 0 saturated carbocycles. The molecular weight excluding hydrogens is 413 g/mol. The second-order valence-corrected chi connectivity index (χ2v) is 8.76. The smallest absolute Gasteiger partial charge is 0.420 e. The number of hydrogen-bond donors (Lipinski definition) is 0. The SMILES string of the molecule is CCOOC/C(F)=C(\C)CC[C@@H](C(=O)OC)N(C(=O)OC(C)(C)C)C(=O)OC(C)(C)C. The maximum Gasteiger partial charge on any atom is 0.420 e. The zero-order chi connectivity index (χ0) is 24.4. The molecule has 0 fully saturated rings. The number of methoxy groups -OCH3 is 1. The van der Waals surface area contributed by atoms with Gasteiger partial charge in [-0.3, -0.25) is 0 Å². The van der Waals surface area contributed by atoms with Crippen LogP contribution in [-0.4, -0.2) is 60.6 Å². The van der Waals surface area contributed by atoms with Gasteiger partial charge in [0.1, 0.15) is 29.7 Å². The minimum Gasteiger partial charge on any atom is -0.467 e. The van der Waals surface area contributed by atoms with Crippen molar-refractivity contribution in [2.24, 2.45) is 0 Å². The summed E-state index contributed by atoms with van der Waals surface area (Å²) in [6, 6.07) is -1.38. The molecule has 9 nitrogen and oxygen atoms in total. The van der Waals surface area contributed by atoms with E-state index in [0.29, 0.717) is 4.90 Å². The normalized spacial score (nSPS) is 13.7. The number of esters is 1. The van der Waals surface area contributed by atoms with Gasteiger partial charge in [0.15, 0.2) is 0 Å². The number of allylic oxidation sites excluding steroid dienone is 1. The molecular formula is C21H36FNO8. The summed E-state index contributed by atoms with van der Waals surface area (Å²) in [4.78, 5) is 47.9. The van der Waals surface area contributed by atoms with E-state index in [1.807, 2.05) is 0 Å². The van der Waals surface area contributed by atoms with Crippen LogP contribution in [0.5, 0.6) is 0 Å². The van der Waals surface area contributed by atoms with Gasteiger partial charge in [-0.15, -0.1) is 0 Å². The summed E-state index contributed by atoms with van der Waals surface area (Å²) in [7, 11) is 1.12. The van der Waals surface area contributed by atoms with Crippen molar-refractivity contribution < 1.29 is 42.8 Å². The van der Waals surface area contributed by atoms with Crippen LogP contribution in [0.25, 0.3) is 0 Å². The van der Waals surface area contributed by atoms with Crippen LogP contribution in [0.4, 0.5) is 14.0 Å². The number of ether oxygens (including phenoxy) is 3. The lowest BCUT2D eigenvalue weighted by atomic mass is 10.0. The first-order valence-corrected chi connectivity index (χ1v) is 10.0. The van der Waals surface area contributed by atoms with Gasteiger partial charge in [-0.25, -0.2) is 28.5 Å². The molecule has 0 aliphatic heterocycles. The lowest BCUT2D eigenvalue weighted by Gasteiger charge is -2.32. The van der Waals surface area contributed by atoms with Crippen molar-refractivity contribution in [2.45, 2.75) is 85.5 Å². The van der Waals surface area contributed by atoms with Crippen LogP contribution in [0, 0.1) is 0 Å². The molecule has 0 aliphatic rings. The Kier molecular flexibility index (Phi) is 11.7. The standard InChI is InChI=1S/C21H36FNO8/c1-10-28-29-13-15(22)14(2)11-12-16(17(24)27-9)23(18(25)30-20(3,4)5)19(26)31-21(6,7)8/h16H,10-13H2,1-9H3/b15-14-/t16-/m0/s1. The van der Waals surface area contributed by atoms with Crippen molar-refractivity contribution >= 4 is 18.2 Å². The highest BCUT2D eigenvalue weighted by Gasteiger charge is 2.40. The van der Waals surface area contributed by atoms with E-state index in [2.05, 4.69) is 4.89 Å². The molecule has 0 saturated heterocycles. The Bertz CT molecular complexity index is 621. The fourth-order valence-electron chi connectivity index (χ4n) is 2.23. The molecule has 0 radical (unpaired) electrons. The van der Waals surface area contributed by atoms with Crippen LogP contribution < -0.4 is 0 Å². The molecule has 0 spiro atoms. The highest BCUT2D eigenvalue weighted by molar-refractivity contribution is 5.94. The van der Waals surface area contributed by atoms with Gasteiger partial charge in [-0.1, -0.05) is 0 Å². The van der Waals surface area contributed by atoms with Crippen LogP contribution in [0.3, 0.4) is 0 Å². The van der Waals surface area contributed by atoms with Gasteiger partial charge in [0, 0.05) is 0 Å². The number of nitrogens with zero attached hydrogens (tertiary/aromatic N) is 1.